The van der Waals surface area contributed by atoms with Gasteiger partial charge in [0.15, 0.2) is 0 Å². The summed E-state index contributed by atoms with van der Waals surface area (Å²) in [6.07, 6.45) is 6.17. The van der Waals surface area contributed by atoms with E-state index < -0.39 is 0 Å². The molecule has 0 aromatic carbocycles. The summed E-state index contributed by atoms with van der Waals surface area (Å²) in [5, 5.41) is 0. The van der Waals surface area contributed by atoms with Crippen LogP contribution in [0.5, 0.6) is 0 Å². The molecule has 0 aliphatic heterocycles. The van der Waals surface area contributed by atoms with Crippen LogP contribution < -0.4 is 0 Å². The van der Waals surface area contributed by atoms with Crippen molar-refractivity contribution >= 4 is 0 Å². The molecule has 0 aromatic rings. The van der Waals surface area contributed by atoms with Gasteiger partial charge in [-0.2, -0.15) is 0 Å². The van der Waals surface area contributed by atoms with Crippen molar-refractivity contribution in [1.29, 1.82) is 0 Å². The van der Waals surface area contributed by atoms with Gasteiger partial charge >= 0.3 is 0 Å². The van der Waals surface area contributed by atoms with Crippen LogP contribution >= 0.6 is 0 Å². The molecule has 2 rings (SSSR count). The van der Waals surface area contributed by atoms with E-state index >= 15 is 0 Å². The molecule has 0 spiro atoms. The molecule has 2 saturated carbocycles. The lowest BCUT2D eigenvalue weighted by Crippen LogP contribution is -2.23. The second-order valence-corrected chi connectivity index (χ2v) is 3.56. The van der Waals surface area contributed by atoms with Gasteiger partial charge in [0.25, 0.3) is 0 Å². The lowest BCUT2D eigenvalue weighted by Gasteiger charge is -2.32. The molecule has 3 atom stereocenters. The van der Waals surface area contributed by atoms with Crippen molar-refractivity contribution in [3.05, 3.63) is 0 Å². The Morgan fingerprint density at radius 2 is 1.75 bits per heavy atom. The van der Waals surface area contributed by atoms with Crippen molar-refractivity contribution in [2.75, 3.05) is 0 Å². The van der Waals surface area contributed by atoms with Gasteiger partial charge in [0.1, 0.15) is 0 Å². The summed E-state index contributed by atoms with van der Waals surface area (Å²) in [6, 6.07) is 0. The first-order chi connectivity index (χ1) is 3.88. The maximum atomic E-state index is 2.42. The summed E-state index contributed by atoms with van der Waals surface area (Å²) in [5.74, 6) is 3.41. The molecule has 2 fully saturated rings. The van der Waals surface area contributed by atoms with Gasteiger partial charge in [0.05, 0.1) is 0 Å². The van der Waals surface area contributed by atoms with Gasteiger partial charge in [-0.15, -0.1) is 0 Å². The second-order valence-electron chi connectivity index (χ2n) is 3.56. The van der Waals surface area contributed by atoms with Gasteiger partial charge in [-0.3, -0.25) is 0 Å². The lowest BCUT2D eigenvalue weighted by atomic mass is 9.73. The van der Waals surface area contributed by atoms with Crippen LogP contribution in [0.25, 0.3) is 0 Å². The Morgan fingerprint density at radius 1 is 1.00 bits per heavy atom. The zero-order valence-corrected chi connectivity index (χ0v) is 5.56. The smallest absolute Gasteiger partial charge is 0.0360 e. The largest absolute Gasteiger partial charge is 0.0622 e. The third kappa shape index (κ3) is 0.463. The van der Waals surface area contributed by atoms with Crippen LogP contribution in [0.2, 0.25) is 0 Å². The van der Waals surface area contributed by atoms with Crippen LogP contribution in [0, 0.1) is 17.8 Å². The van der Waals surface area contributed by atoms with E-state index in [0.29, 0.717) is 0 Å². The highest BCUT2D eigenvalue weighted by atomic mass is 14.4. The minimum absolute atomic E-state index is 1.08. The van der Waals surface area contributed by atoms with Crippen LogP contribution in [0.4, 0.5) is 0 Å². The molecule has 8 heavy (non-hydrogen) atoms. The average molecular weight is 110 g/mol. The zero-order chi connectivity index (χ0) is 5.56. The van der Waals surface area contributed by atoms with Crippen molar-refractivity contribution in [1.82, 2.24) is 0 Å². The van der Waals surface area contributed by atoms with Gasteiger partial charge in [0, 0.05) is 0 Å². The lowest BCUT2D eigenvalue weighted by molar-refractivity contribution is 0.180. The molecule has 0 nitrogen and oxygen atoms in total. The topological polar surface area (TPSA) is 0 Å². The summed E-state index contributed by atoms with van der Waals surface area (Å²) < 4.78 is 0. The number of rotatable bonds is 0. The molecular weight excluding hydrogens is 96.1 g/mol. The van der Waals surface area contributed by atoms with E-state index in [2.05, 4.69) is 6.92 Å². The first kappa shape index (κ1) is 4.84. The van der Waals surface area contributed by atoms with Crippen molar-refractivity contribution < 1.29 is 0 Å². The van der Waals surface area contributed by atoms with Gasteiger partial charge in [-0.05, 0) is 37.0 Å². The highest BCUT2D eigenvalue weighted by molar-refractivity contribution is 4.89. The maximum absolute atomic E-state index is 2.42. The molecule has 2 aliphatic rings. The van der Waals surface area contributed by atoms with Crippen molar-refractivity contribution in [3.8, 4) is 0 Å². The van der Waals surface area contributed by atoms with Crippen LogP contribution in [0.15, 0.2) is 0 Å². The predicted octanol–water partition coefficient (Wildman–Crippen LogP) is 2.44. The fraction of sp³-hybridized carbons (Fsp3) is 1.00. The second kappa shape index (κ2) is 1.49. The standard InChI is InChI=1S/C8H14/c1-6-2-3-7-4-5-8(6)7/h6-8H,2-5H2,1H3/t6?,7-,8?/m1/s1. The average Bonchev–Trinajstić information content (AvgIpc) is 1.80. The van der Waals surface area contributed by atoms with Gasteiger partial charge in [0.2, 0.25) is 0 Å². The Morgan fingerprint density at radius 3 is 2.00 bits per heavy atom. The number of hydrogen-bond donors (Lipinski definition) is 0. The third-order valence-electron chi connectivity index (χ3n) is 3.20. The molecule has 0 radical (unpaired) electrons. The van der Waals surface area contributed by atoms with E-state index in [1.165, 1.54) is 12.3 Å². The summed E-state index contributed by atoms with van der Waals surface area (Å²) in [6.45, 7) is 2.42. The quantitative estimate of drug-likeness (QED) is 0.449. The van der Waals surface area contributed by atoms with Crippen LogP contribution in [0.1, 0.15) is 32.6 Å². The first-order valence-corrected chi connectivity index (χ1v) is 3.88. The minimum atomic E-state index is 1.08. The molecule has 2 aliphatic carbocycles. The summed E-state index contributed by atoms with van der Waals surface area (Å²) in [4.78, 5) is 0. The molecule has 0 heteroatoms. The Labute approximate surface area is 51.3 Å². The third-order valence-corrected chi connectivity index (χ3v) is 3.20. The summed E-state index contributed by atoms with van der Waals surface area (Å²) in [7, 11) is 0. The SMILES string of the molecule is CC1CC[C@@H]2CCC12. The van der Waals surface area contributed by atoms with Gasteiger partial charge < -0.3 is 0 Å². The molecular formula is C8H14. The summed E-state index contributed by atoms with van der Waals surface area (Å²) >= 11 is 0. The number of hydrogen-bond acceptors (Lipinski definition) is 0. The van der Waals surface area contributed by atoms with Crippen molar-refractivity contribution in [2.24, 2.45) is 17.8 Å². The van der Waals surface area contributed by atoms with E-state index in [0.717, 1.165) is 11.8 Å². The van der Waals surface area contributed by atoms with E-state index in [1.807, 2.05) is 0 Å². The number of fused-ring (bicyclic) bond motifs is 1. The van der Waals surface area contributed by atoms with Crippen molar-refractivity contribution in [2.45, 2.75) is 32.6 Å². The molecule has 0 bridgehead atoms. The fourth-order valence-corrected chi connectivity index (χ4v) is 2.39. The highest BCUT2D eigenvalue weighted by Crippen LogP contribution is 2.49. The van der Waals surface area contributed by atoms with Gasteiger partial charge in [-0.1, -0.05) is 13.3 Å². The molecule has 0 amide bonds. The monoisotopic (exact) mass is 110 g/mol. The predicted molar refractivity (Wildman–Crippen MR) is 34.6 cm³/mol. The normalized spacial score (nSPS) is 52.9. The van der Waals surface area contributed by atoms with E-state index in [1.54, 1.807) is 19.3 Å². The molecule has 0 heterocycles. The molecule has 0 N–H and O–H groups in total. The molecule has 0 saturated heterocycles. The van der Waals surface area contributed by atoms with Crippen LogP contribution in [0.3, 0.4) is 0 Å². The van der Waals surface area contributed by atoms with Crippen molar-refractivity contribution in [3.63, 3.8) is 0 Å². The van der Waals surface area contributed by atoms with Crippen LogP contribution in [-0.2, 0) is 0 Å². The van der Waals surface area contributed by atoms with E-state index in [4.69, 9.17) is 0 Å². The Bertz CT molecular complexity index is 90.2. The fourth-order valence-electron chi connectivity index (χ4n) is 2.39. The maximum Gasteiger partial charge on any atom is -0.0360 e. The zero-order valence-electron chi connectivity index (χ0n) is 5.56. The van der Waals surface area contributed by atoms with Gasteiger partial charge in [-0.25, -0.2) is 0 Å². The Hall–Kier alpha value is 0. The Kier molecular flexibility index (Phi) is 0.902. The highest BCUT2D eigenvalue weighted by Gasteiger charge is 2.39. The summed E-state index contributed by atoms with van der Waals surface area (Å²) in [5.41, 5.74) is 0. The van der Waals surface area contributed by atoms with E-state index in [9.17, 15) is 0 Å². The first-order valence-electron chi connectivity index (χ1n) is 3.88. The molecule has 0 aromatic heterocycles. The minimum Gasteiger partial charge on any atom is -0.0622 e. The molecule has 46 valence electrons. The van der Waals surface area contributed by atoms with E-state index in [-0.39, 0.29) is 0 Å². The Balaban J connectivity index is 2.05. The van der Waals surface area contributed by atoms with Crippen LogP contribution in [-0.4, -0.2) is 0 Å². The molecule has 2 unspecified atom stereocenters.